The number of carboxylic acids is 1. The van der Waals surface area contributed by atoms with Gasteiger partial charge in [-0.05, 0) is 31.5 Å². The molecule has 0 saturated heterocycles. The number of benzene rings is 1. The van der Waals surface area contributed by atoms with Crippen molar-refractivity contribution in [2.75, 3.05) is 0 Å². The number of rotatable bonds is 6. The summed E-state index contributed by atoms with van der Waals surface area (Å²) in [5.74, 6) is -1.40. The van der Waals surface area contributed by atoms with Gasteiger partial charge >= 0.3 is 5.97 Å². The van der Waals surface area contributed by atoms with Crippen molar-refractivity contribution in [1.82, 2.24) is 5.32 Å². The minimum Gasteiger partial charge on any atom is -0.508 e. The zero-order valence-corrected chi connectivity index (χ0v) is 11.6. The van der Waals surface area contributed by atoms with Crippen LogP contribution in [0.1, 0.15) is 25.8 Å². The zero-order chi connectivity index (χ0) is 15.3. The maximum absolute atomic E-state index is 11.7. The minimum atomic E-state index is -1.11. The van der Waals surface area contributed by atoms with Gasteiger partial charge < -0.3 is 21.3 Å². The number of amides is 1. The van der Waals surface area contributed by atoms with E-state index in [9.17, 15) is 14.7 Å². The van der Waals surface area contributed by atoms with Crippen molar-refractivity contribution in [3.63, 3.8) is 0 Å². The molecule has 1 unspecified atom stereocenters. The molecule has 0 fully saturated rings. The number of carboxylic acid groups (broad SMARTS) is 1. The van der Waals surface area contributed by atoms with Crippen LogP contribution in [0.5, 0.6) is 5.75 Å². The number of phenolic OH excluding ortho intramolecular Hbond substituents is 1. The first-order valence-corrected chi connectivity index (χ1v) is 6.26. The second kappa shape index (κ2) is 6.38. The van der Waals surface area contributed by atoms with Gasteiger partial charge in [-0.15, -0.1) is 0 Å². The molecule has 5 N–H and O–H groups in total. The zero-order valence-electron chi connectivity index (χ0n) is 11.6. The van der Waals surface area contributed by atoms with Crippen LogP contribution in [-0.4, -0.2) is 33.7 Å². The van der Waals surface area contributed by atoms with Gasteiger partial charge in [0, 0.05) is 18.4 Å². The monoisotopic (exact) mass is 280 g/mol. The molecule has 6 nitrogen and oxygen atoms in total. The second-order valence-electron chi connectivity index (χ2n) is 5.49. The fourth-order valence-electron chi connectivity index (χ4n) is 1.73. The van der Waals surface area contributed by atoms with Gasteiger partial charge in [-0.3, -0.25) is 4.79 Å². The number of nitrogens with two attached hydrogens (primary N) is 1. The number of aromatic hydroxyl groups is 1. The molecule has 1 amide bonds. The highest BCUT2D eigenvalue weighted by Gasteiger charge is 2.23. The Balaban J connectivity index is 2.68. The Morgan fingerprint density at radius 3 is 2.30 bits per heavy atom. The number of hydrogen-bond donors (Lipinski definition) is 4. The summed E-state index contributed by atoms with van der Waals surface area (Å²) < 4.78 is 0. The Labute approximate surface area is 117 Å². The molecular formula is C14H20N2O4. The lowest BCUT2D eigenvalue weighted by Crippen LogP contribution is -2.46. The smallest absolute Gasteiger partial charge is 0.326 e. The average molecular weight is 280 g/mol. The number of phenols is 1. The molecule has 0 aliphatic heterocycles. The van der Waals surface area contributed by atoms with Crippen molar-refractivity contribution in [2.45, 2.75) is 38.3 Å². The molecule has 0 aliphatic carbocycles. The van der Waals surface area contributed by atoms with E-state index in [4.69, 9.17) is 10.8 Å². The van der Waals surface area contributed by atoms with E-state index < -0.39 is 23.5 Å². The largest absolute Gasteiger partial charge is 0.508 e. The van der Waals surface area contributed by atoms with E-state index in [1.165, 1.54) is 12.1 Å². The van der Waals surface area contributed by atoms with E-state index in [0.29, 0.717) is 5.56 Å². The maximum Gasteiger partial charge on any atom is 0.326 e. The summed E-state index contributed by atoms with van der Waals surface area (Å²) >= 11 is 0. The van der Waals surface area contributed by atoms with Gasteiger partial charge in [0.25, 0.3) is 0 Å². The number of carbonyl (C=O) groups excluding carboxylic acids is 1. The van der Waals surface area contributed by atoms with Gasteiger partial charge in [0.1, 0.15) is 11.8 Å². The lowest BCUT2D eigenvalue weighted by molar-refractivity contribution is -0.141. The van der Waals surface area contributed by atoms with E-state index in [-0.39, 0.29) is 18.6 Å². The SMILES string of the molecule is CC(C)(N)CC(=O)NC(Cc1ccc(O)cc1)C(=O)O. The van der Waals surface area contributed by atoms with Crippen molar-refractivity contribution in [1.29, 1.82) is 0 Å². The van der Waals surface area contributed by atoms with E-state index in [0.717, 1.165) is 0 Å². The van der Waals surface area contributed by atoms with Crippen molar-refractivity contribution in [2.24, 2.45) is 5.73 Å². The quantitative estimate of drug-likeness (QED) is 0.610. The van der Waals surface area contributed by atoms with Crippen LogP contribution in [0, 0.1) is 0 Å². The van der Waals surface area contributed by atoms with Gasteiger partial charge in [-0.25, -0.2) is 4.79 Å². The third-order valence-corrected chi connectivity index (χ3v) is 2.63. The fraction of sp³-hybridized carbons (Fsp3) is 0.429. The van der Waals surface area contributed by atoms with Crippen LogP contribution in [0.4, 0.5) is 0 Å². The van der Waals surface area contributed by atoms with Crippen molar-refractivity contribution >= 4 is 11.9 Å². The van der Waals surface area contributed by atoms with Crippen molar-refractivity contribution < 1.29 is 19.8 Å². The Morgan fingerprint density at radius 1 is 1.30 bits per heavy atom. The van der Waals surface area contributed by atoms with E-state index in [1.807, 2.05) is 0 Å². The maximum atomic E-state index is 11.7. The first-order valence-electron chi connectivity index (χ1n) is 6.26. The number of hydrogen-bond acceptors (Lipinski definition) is 4. The van der Waals surface area contributed by atoms with Gasteiger partial charge in [-0.2, -0.15) is 0 Å². The lowest BCUT2D eigenvalue weighted by Gasteiger charge is -2.20. The van der Waals surface area contributed by atoms with E-state index in [1.54, 1.807) is 26.0 Å². The molecule has 1 rings (SSSR count). The molecule has 0 spiro atoms. The van der Waals surface area contributed by atoms with Crippen LogP contribution in [0.2, 0.25) is 0 Å². The Kier molecular flexibility index (Phi) is 5.10. The molecule has 1 aromatic rings. The number of nitrogens with one attached hydrogen (secondary N) is 1. The summed E-state index contributed by atoms with van der Waals surface area (Å²) in [5.41, 5.74) is 5.74. The molecule has 0 aromatic heterocycles. The second-order valence-corrected chi connectivity index (χ2v) is 5.49. The predicted molar refractivity (Wildman–Crippen MR) is 74.3 cm³/mol. The highest BCUT2D eigenvalue weighted by molar-refractivity contribution is 5.84. The summed E-state index contributed by atoms with van der Waals surface area (Å²) in [5, 5.41) is 20.8. The highest BCUT2D eigenvalue weighted by atomic mass is 16.4. The Hall–Kier alpha value is -2.08. The van der Waals surface area contributed by atoms with Crippen molar-refractivity contribution in [3.05, 3.63) is 29.8 Å². The summed E-state index contributed by atoms with van der Waals surface area (Å²) in [6, 6.07) is 5.15. The van der Waals surface area contributed by atoms with E-state index >= 15 is 0 Å². The molecule has 0 radical (unpaired) electrons. The topological polar surface area (TPSA) is 113 Å². The first-order chi connectivity index (χ1) is 9.17. The molecule has 0 aliphatic rings. The predicted octanol–water partition coefficient (Wildman–Crippen LogP) is 0.631. The number of aliphatic carboxylic acids is 1. The molecule has 20 heavy (non-hydrogen) atoms. The van der Waals surface area contributed by atoms with Gasteiger partial charge in [0.05, 0.1) is 0 Å². The highest BCUT2D eigenvalue weighted by Crippen LogP contribution is 2.12. The average Bonchev–Trinajstić information content (AvgIpc) is 2.28. The van der Waals surface area contributed by atoms with Crippen LogP contribution in [0.3, 0.4) is 0 Å². The normalized spacial score (nSPS) is 12.8. The fourth-order valence-corrected chi connectivity index (χ4v) is 1.73. The third kappa shape index (κ3) is 5.71. The molecule has 0 heterocycles. The first kappa shape index (κ1) is 16.0. The molecule has 1 atom stereocenters. The minimum absolute atomic E-state index is 0.0480. The summed E-state index contributed by atoms with van der Waals surface area (Å²) in [6.07, 6.45) is 0.193. The van der Waals surface area contributed by atoms with E-state index in [2.05, 4.69) is 5.32 Å². The van der Waals surface area contributed by atoms with Gasteiger partial charge in [0.15, 0.2) is 0 Å². The van der Waals surface area contributed by atoms with Crippen molar-refractivity contribution in [3.8, 4) is 5.75 Å². The lowest BCUT2D eigenvalue weighted by atomic mass is 10.0. The van der Waals surface area contributed by atoms with Crippen LogP contribution in [0.25, 0.3) is 0 Å². The summed E-state index contributed by atoms with van der Waals surface area (Å²) in [4.78, 5) is 22.9. The Bertz CT molecular complexity index is 477. The summed E-state index contributed by atoms with van der Waals surface area (Å²) in [6.45, 7) is 3.39. The van der Waals surface area contributed by atoms with Crippen LogP contribution in [0.15, 0.2) is 24.3 Å². The summed E-state index contributed by atoms with van der Waals surface area (Å²) in [7, 11) is 0. The van der Waals surface area contributed by atoms with Crippen LogP contribution in [-0.2, 0) is 16.0 Å². The molecular weight excluding hydrogens is 260 g/mol. The number of carbonyl (C=O) groups is 2. The molecule has 0 saturated carbocycles. The molecule has 0 bridgehead atoms. The Morgan fingerprint density at radius 2 is 1.85 bits per heavy atom. The molecule has 110 valence electrons. The standard InChI is InChI=1S/C14H20N2O4/c1-14(2,15)8-12(18)16-11(13(19)20)7-9-3-5-10(17)6-4-9/h3-6,11,17H,7-8,15H2,1-2H3,(H,16,18)(H,19,20). The van der Waals surface area contributed by atoms with Gasteiger partial charge in [0.2, 0.25) is 5.91 Å². The van der Waals surface area contributed by atoms with Crippen LogP contribution >= 0.6 is 0 Å². The van der Waals surface area contributed by atoms with Crippen LogP contribution < -0.4 is 11.1 Å². The third-order valence-electron chi connectivity index (χ3n) is 2.63. The molecule has 1 aromatic carbocycles. The van der Waals surface area contributed by atoms with Gasteiger partial charge in [-0.1, -0.05) is 12.1 Å². The molecule has 6 heteroatoms.